The summed E-state index contributed by atoms with van der Waals surface area (Å²) in [5.74, 6) is -4.79. The minimum Gasteiger partial charge on any atom is -0.481 e. The van der Waals surface area contributed by atoms with Crippen molar-refractivity contribution in [1.82, 2.24) is 25.9 Å². The predicted molar refractivity (Wildman–Crippen MR) is 166 cm³/mol. The Balaban J connectivity index is 1.59. The molecule has 232 valence electrons. The molecule has 2 aromatic carbocycles. The van der Waals surface area contributed by atoms with Gasteiger partial charge >= 0.3 is 11.9 Å². The van der Waals surface area contributed by atoms with Crippen LogP contribution in [-0.2, 0) is 36.8 Å². The lowest BCUT2D eigenvalue weighted by molar-refractivity contribution is -0.142. The van der Waals surface area contributed by atoms with Gasteiger partial charge in [-0.1, -0.05) is 36.4 Å². The average Bonchev–Trinajstić information content (AvgIpc) is 3.61. The van der Waals surface area contributed by atoms with Gasteiger partial charge in [0.1, 0.15) is 18.1 Å². The zero-order chi connectivity index (χ0) is 31.8. The Labute approximate surface area is 257 Å². The molecule has 4 rings (SSSR count). The normalized spacial score (nSPS) is 14.0. The number of thiol groups is 1. The van der Waals surface area contributed by atoms with Gasteiger partial charge in [-0.05, 0) is 29.7 Å². The molecule has 2 aromatic heterocycles. The monoisotopic (exact) mass is 622 g/mol. The van der Waals surface area contributed by atoms with Gasteiger partial charge in [-0.25, -0.2) is 4.79 Å². The van der Waals surface area contributed by atoms with E-state index >= 15 is 0 Å². The maximum Gasteiger partial charge on any atom is 0.326 e. The van der Waals surface area contributed by atoms with E-state index in [0.717, 1.165) is 21.8 Å². The van der Waals surface area contributed by atoms with Crippen LogP contribution >= 0.6 is 12.6 Å². The van der Waals surface area contributed by atoms with Crippen LogP contribution in [0.3, 0.4) is 0 Å². The quantitative estimate of drug-likeness (QED) is 0.0872. The fourth-order valence-electron chi connectivity index (χ4n) is 4.89. The SMILES string of the molecule is N[C@@H](CS)C(=O)N[C@@H](CCC(=O)O)C(=O)N[C@@H](Cc1c[nH]c2ccccc12)C(=O)N[C@@H](Cc1c[nH]c2ccccc12)C(=O)O. The minimum absolute atomic E-state index is 0.0162. The number of carboxylic acid groups (broad SMARTS) is 2. The Morgan fingerprint density at radius 3 is 1.73 bits per heavy atom. The molecule has 13 nitrogen and oxygen atoms in total. The molecule has 3 amide bonds. The lowest BCUT2D eigenvalue weighted by Crippen LogP contribution is -2.58. The largest absolute Gasteiger partial charge is 0.481 e. The van der Waals surface area contributed by atoms with Gasteiger partial charge in [-0.3, -0.25) is 19.2 Å². The van der Waals surface area contributed by atoms with E-state index in [1.54, 1.807) is 12.4 Å². The summed E-state index contributed by atoms with van der Waals surface area (Å²) < 4.78 is 0. The molecule has 4 atom stereocenters. The molecule has 0 fully saturated rings. The molecular weight excluding hydrogens is 588 g/mol. The van der Waals surface area contributed by atoms with Crippen molar-refractivity contribution in [3.05, 3.63) is 72.1 Å². The Bertz CT molecular complexity index is 1670. The first kappa shape index (κ1) is 32.1. The van der Waals surface area contributed by atoms with Crippen LogP contribution < -0.4 is 21.7 Å². The first-order valence-electron chi connectivity index (χ1n) is 13.9. The Kier molecular flexibility index (Phi) is 10.6. The molecule has 0 bridgehead atoms. The maximum atomic E-state index is 13.7. The van der Waals surface area contributed by atoms with Crippen molar-refractivity contribution >= 4 is 64.1 Å². The fraction of sp³-hybridized carbons (Fsp3) is 0.300. The predicted octanol–water partition coefficient (Wildman–Crippen LogP) is 1.10. The summed E-state index contributed by atoms with van der Waals surface area (Å²) in [4.78, 5) is 69.3. The summed E-state index contributed by atoms with van der Waals surface area (Å²) in [6.07, 6.45) is 2.59. The molecule has 14 heteroatoms. The fourth-order valence-corrected chi connectivity index (χ4v) is 5.06. The highest BCUT2D eigenvalue weighted by Gasteiger charge is 2.31. The summed E-state index contributed by atoms with van der Waals surface area (Å²) in [6.45, 7) is 0. The molecule has 0 radical (unpaired) electrons. The minimum atomic E-state index is -1.33. The zero-order valence-electron chi connectivity index (χ0n) is 23.6. The first-order chi connectivity index (χ1) is 21.1. The van der Waals surface area contributed by atoms with E-state index in [1.807, 2.05) is 48.5 Å². The van der Waals surface area contributed by atoms with E-state index in [1.165, 1.54) is 0 Å². The highest BCUT2D eigenvalue weighted by molar-refractivity contribution is 7.80. The number of benzene rings is 2. The molecule has 2 heterocycles. The smallest absolute Gasteiger partial charge is 0.326 e. The summed E-state index contributed by atoms with van der Waals surface area (Å²) in [5, 5.41) is 28.4. The van der Waals surface area contributed by atoms with Crippen LogP contribution in [0.1, 0.15) is 24.0 Å². The highest BCUT2D eigenvalue weighted by atomic mass is 32.1. The van der Waals surface area contributed by atoms with E-state index in [2.05, 4.69) is 38.5 Å². The van der Waals surface area contributed by atoms with Gasteiger partial charge in [-0.15, -0.1) is 0 Å². The Morgan fingerprint density at radius 2 is 1.20 bits per heavy atom. The van der Waals surface area contributed by atoms with E-state index in [0.29, 0.717) is 11.1 Å². The van der Waals surface area contributed by atoms with Crippen molar-refractivity contribution < 1.29 is 34.2 Å². The second kappa shape index (κ2) is 14.6. The van der Waals surface area contributed by atoms with Crippen LogP contribution in [-0.4, -0.2) is 79.8 Å². The molecule has 44 heavy (non-hydrogen) atoms. The van der Waals surface area contributed by atoms with Crippen LogP contribution in [0, 0.1) is 0 Å². The van der Waals surface area contributed by atoms with Crippen molar-refractivity contribution in [3.8, 4) is 0 Å². The molecule has 4 aromatic rings. The standard InChI is InChI=1S/C30H34N6O7S/c31-20(15-44)27(39)34-23(9-10-26(37)38)28(40)35-24(11-16-13-32-21-7-3-1-5-18(16)21)29(41)36-25(30(42)43)12-17-14-33-22-8-4-2-6-19(17)22/h1-8,13-14,20,23-25,32-33,44H,9-12,15,31H2,(H,34,39)(H,35,40)(H,36,41)(H,37,38)(H,42,43)/t20-,23-,24-,25-/m0/s1. The number of nitrogens with two attached hydrogens (primary N) is 1. The van der Waals surface area contributed by atoms with E-state index in [-0.39, 0.29) is 25.0 Å². The third-order valence-electron chi connectivity index (χ3n) is 7.26. The molecule has 0 unspecified atom stereocenters. The van der Waals surface area contributed by atoms with Crippen molar-refractivity contribution in [2.24, 2.45) is 5.73 Å². The third-order valence-corrected chi connectivity index (χ3v) is 7.65. The summed E-state index contributed by atoms with van der Waals surface area (Å²) in [5.41, 5.74) is 8.69. The zero-order valence-corrected chi connectivity index (χ0v) is 24.5. The number of carbonyl (C=O) groups is 5. The number of carboxylic acids is 2. The van der Waals surface area contributed by atoms with Gasteiger partial charge in [0.15, 0.2) is 0 Å². The molecule has 0 saturated heterocycles. The second-order valence-corrected chi connectivity index (χ2v) is 10.7. The van der Waals surface area contributed by atoms with Crippen LogP contribution in [0.15, 0.2) is 60.9 Å². The number of rotatable bonds is 15. The molecule has 9 N–H and O–H groups in total. The molecule has 0 aliphatic carbocycles. The van der Waals surface area contributed by atoms with E-state index < -0.39 is 60.2 Å². The van der Waals surface area contributed by atoms with Gasteiger partial charge in [0.2, 0.25) is 17.7 Å². The highest BCUT2D eigenvalue weighted by Crippen LogP contribution is 2.21. The van der Waals surface area contributed by atoms with Gasteiger partial charge in [0.05, 0.1) is 6.04 Å². The number of fused-ring (bicyclic) bond motifs is 2. The van der Waals surface area contributed by atoms with Crippen molar-refractivity contribution in [2.75, 3.05) is 5.75 Å². The van der Waals surface area contributed by atoms with Crippen molar-refractivity contribution in [2.45, 2.75) is 49.9 Å². The first-order valence-corrected chi connectivity index (χ1v) is 14.5. The molecule has 0 aliphatic heterocycles. The maximum absolute atomic E-state index is 13.7. The van der Waals surface area contributed by atoms with Crippen LogP contribution in [0.4, 0.5) is 0 Å². The topological polar surface area (TPSA) is 219 Å². The van der Waals surface area contributed by atoms with Crippen LogP contribution in [0.25, 0.3) is 21.8 Å². The average molecular weight is 623 g/mol. The number of amides is 3. The van der Waals surface area contributed by atoms with Gasteiger partial charge in [0.25, 0.3) is 0 Å². The molecule has 0 saturated carbocycles. The number of hydrogen-bond donors (Lipinski definition) is 9. The third kappa shape index (κ3) is 7.96. The number of hydrogen-bond acceptors (Lipinski definition) is 7. The number of aliphatic carboxylic acids is 2. The molecular formula is C30H34N6O7S. The summed E-state index contributed by atoms with van der Waals surface area (Å²) in [6, 6.07) is 9.69. The second-order valence-electron chi connectivity index (χ2n) is 10.4. The number of carbonyl (C=O) groups excluding carboxylic acids is 3. The van der Waals surface area contributed by atoms with Gasteiger partial charge in [-0.2, -0.15) is 12.6 Å². The van der Waals surface area contributed by atoms with Gasteiger partial charge < -0.3 is 41.9 Å². The van der Waals surface area contributed by atoms with Crippen molar-refractivity contribution in [3.63, 3.8) is 0 Å². The lowest BCUT2D eigenvalue weighted by Gasteiger charge is -2.25. The van der Waals surface area contributed by atoms with E-state index in [4.69, 9.17) is 5.73 Å². The number of aromatic nitrogens is 2. The Morgan fingerprint density at radius 1 is 0.727 bits per heavy atom. The Hall–Kier alpha value is -4.82. The molecule has 0 aliphatic rings. The van der Waals surface area contributed by atoms with Crippen LogP contribution in [0.2, 0.25) is 0 Å². The van der Waals surface area contributed by atoms with Crippen molar-refractivity contribution in [1.29, 1.82) is 0 Å². The number of nitrogens with one attached hydrogen (secondary N) is 5. The summed E-state index contributed by atoms with van der Waals surface area (Å²) in [7, 11) is 0. The molecule has 0 spiro atoms. The van der Waals surface area contributed by atoms with E-state index in [9.17, 15) is 34.2 Å². The number of aromatic amines is 2. The number of H-pyrrole nitrogens is 2. The van der Waals surface area contributed by atoms with Gasteiger partial charge in [0, 0.05) is 59.2 Å². The summed E-state index contributed by atoms with van der Waals surface area (Å²) >= 11 is 3.99. The van der Waals surface area contributed by atoms with Crippen LogP contribution in [0.5, 0.6) is 0 Å². The lowest BCUT2D eigenvalue weighted by atomic mass is 10.0. The number of para-hydroxylation sites is 2.